The van der Waals surface area contributed by atoms with E-state index in [1.165, 1.54) is 0 Å². The second kappa shape index (κ2) is 4.88. The lowest BCUT2D eigenvalue weighted by Crippen LogP contribution is -2.34. The predicted molar refractivity (Wildman–Crippen MR) is 57.3 cm³/mol. The smallest absolute Gasteiger partial charge is 0.266 e. The van der Waals surface area contributed by atoms with E-state index in [4.69, 9.17) is 4.55 Å². The quantitative estimate of drug-likeness (QED) is 0.740. The van der Waals surface area contributed by atoms with Gasteiger partial charge in [0.15, 0.2) is 0 Å². The standard InChI is InChI=1S/C8H13NO3S2/c1-9-8(6-14(10,11)12)4-7-2-3-13-5-7/h2-3,5,8-9H,4,6H2,1H3,(H,10,11,12). The summed E-state index contributed by atoms with van der Waals surface area (Å²) in [5.41, 5.74) is 1.08. The lowest BCUT2D eigenvalue weighted by molar-refractivity contribution is 0.469. The summed E-state index contributed by atoms with van der Waals surface area (Å²) < 4.78 is 30.0. The Morgan fingerprint density at radius 2 is 2.36 bits per heavy atom. The lowest BCUT2D eigenvalue weighted by Gasteiger charge is -2.12. The first-order valence-corrected chi connectivity index (χ1v) is 6.70. The molecular formula is C8H13NO3S2. The van der Waals surface area contributed by atoms with E-state index in [0.29, 0.717) is 6.42 Å². The molecule has 0 bridgehead atoms. The van der Waals surface area contributed by atoms with Crippen molar-refractivity contribution in [3.63, 3.8) is 0 Å². The zero-order chi connectivity index (χ0) is 10.6. The summed E-state index contributed by atoms with van der Waals surface area (Å²) >= 11 is 1.57. The molecule has 6 heteroatoms. The number of thiophene rings is 1. The average Bonchev–Trinajstić information content (AvgIpc) is 2.53. The molecule has 2 N–H and O–H groups in total. The molecule has 0 saturated heterocycles. The largest absolute Gasteiger partial charge is 0.316 e. The highest BCUT2D eigenvalue weighted by Crippen LogP contribution is 2.09. The maximum Gasteiger partial charge on any atom is 0.266 e. The molecule has 1 aromatic rings. The van der Waals surface area contributed by atoms with E-state index >= 15 is 0 Å². The first kappa shape index (κ1) is 11.6. The van der Waals surface area contributed by atoms with Gasteiger partial charge in [0.1, 0.15) is 0 Å². The summed E-state index contributed by atoms with van der Waals surface area (Å²) in [5.74, 6) is -0.251. The Morgan fingerprint density at radius 1 is 1.64 bits per heavy atom. The molecule has 1 atom stereocenters. The third-order valence-corrected chi connectivity index (χ3v) is 3.44. The van der Waals surface area contributed by atoms with Crippen LogP contribution in [0.1, 0.15) is 5.56 Å². The van der Waals surface area contributed by atoms with Gasteiger partial charge in [0.05, 0.1) is 5.75 Å². The summed E-state index contributed by atoms with van der Waals surface area (Å²) in [4.78, 5) is 0. The Bertz CT molecular complexity index is 358. The third-order valence-electron chi connectivity index (χ3n) is 1.88. The molecule has 1 rings (SSSR count). The monoisotopic (exact) mass is 235 g/mol. The van der Waals surface area contributed by atoms with Crippen LogP contribution in [0.5, 0.6) is 0 Å². The van der Waals surface area contributed by atoms with E-state index < -0.39 is 10.1 Å². The molecule has 0 aliphatic heterocycles. The van der Waals surface area contributed by atoms with Crippen molar-refractivity contribution in [3.05, 3.63) is 22.4 Å². The van der Waals surface area contributed by atoms with Crippen molar-refractivity contribution in [3.8, 4) is 0 Å². The van der Waals surface area contributed by atoms with E-state index in [0.717, 1.165) is 5.56 Å². The minimum atomic E-state index is -3.90. The Balaban J connectivity index is 2.56. The van der Waals surface area contributed by atoms with Gasteiger partial charge < -0.3 is 5.32 Å². The molecule has 4 nitrogen and oxygen atoms in total. The molecule has 14 heavy (non-hydrogen) atoms. The topological polar surface area (TPSA) is 66.4 Å². The number of likely N-dealkylation sites (N-methyl/N-ethyl adjacent to an activating group) is 1. The fourth-order valence-corrected chi connectivity index (χ4v) is 2.67. The minimum absolute atomic E-state index is 0.236. The second-order valence-electron chi connectivity index (χ2n) is 3.07. The Labute approximate surface area is 87.7 Å². The third kappa shape index (κ3) is 4.19. The molecule has 0 aliphatic carbocycles. The van der Waals surface area contributed by atoms with E-state index in [2.05, 4.69) is 5.32 Å². The molecule has 0 spiro atoms. The van der Waals surface area contributed by atoms with Gasteiger partial charge in [0, 0.05) is 6.04 Å². The highest BCUT2D eigenvalue weighted by Gasteiger charge is 2.15. The molecule has 0 radical (unpaired) electrons. The van der Waals surface area contributed by atoms with Crippen molar-refractivity contribution < 1.29 is 13.0 Å². The first-order chi connectivity index (χ1) is 6.51. The van der Waals surface area contributed by atoms with Gasteiger partial charge in [-0.1, -0.05) is 0 Å². The van der Waals surface area contributed by atoms with Gasteiger partial charge in [-0.15, -0.1) is 0 Å². The van der Waals surface area contributed by atoms with Gasteiger partial charge >= 0.3 is 0 Å². The van der Waals surface area contributed by atoms with Crippen LogP contribution in [0.25, 0.3) is 0 Å². The minimum Gasteiger partial charge on any atom is -0.316 e. The molecule has 0 amide bonds. The number of hydrogen-bond acceptors (Lipinski definition) is 4. The molecule has 0 fully saturated rings. The fraction of sp³-hybridized carbons (Fsp3) is 0.500. The maximum absolute atomic E-state index is 10.6. The lowest BCUT2D eigenvalue weighted by atomic mass is 10.1. The van der Waals surface area contributed by atoms with Crippen molar-refractivity contribution in [2.24, 2.45) is 0 Å². The number of rotatable bonds is 5. The Morgan fingerprint density at radius 3 is 2.79 bits per heavy atom. The molecule has 1 aromatic heterocycles. The SMILES string of the molecule is CNC(Cc1ccsc1)CS(=O)(=O)O. The highest BCUT2D eigenvalue weighted by molar-refractivity contribution is 7.85. The molecule has 0 saturated carbocycles. The normalized spacial score (nSPS) is 14.1. The van der Waals surface area contributed by atoms with Gasteiger partial charge in [-0.05, 0) is 35.9 Å². The molecular weight excluding hydrogens is 222 g/mol. The van der Waals surface area contributed by atoms with Gasteiger partial charge in [-0.3, -0.25) is 4.55 Å². The van der Waals surface area contributed by atoms with Gasteiger partial charge in [-0.25, -0.2) is 0 Å². The summed E-state index contributed by atoms with van der Waals surface area (Å²) in [6.07, 6.45) is 0.611. The van der Waals surface area contributed by atoms with Crippen LogP contribution in [0.3, 0.4) is 0 Å². The van der Waals surface area contributed by atoms with E-state index in [-0.39, 0.29) is 11.8 Å². The Hall–Kier alpha value is -0.430. The van der Waals surface area contributed by atoms with Crippen molar-refractivity contribution >= 4 is 21.5 Å². The van der Waals surface area contributed by atoms with E-state index in [9.17, 15) is 8.42 Å². The van der Waals surface area contributed by atoms with Crippen LogP contribution < -0.4 is 5.32 Å². The van der Waals surface area contributed by atoms with Crippen LogP contribution in [-0.4, -0.2) is 31.8 Å². The predicted octanol–water partition coefficient (Wildman–Crippen LogP) is 0.766. The fourth-order valence-electron chi connectivity index (χ4n) is 1.19. The summed E-state index contributed by atoms with van der Waals surface area (Å²) in [6.45, 7) is 0. The van der Waals surface area contributed by atoms with Gasteiger partial charge in [-0.2, -0.15) is 19.8 Å². The molecule has 80 valence electrons. The molecule has 0 aliphatic rings. The number of hydrogen-bond donors (Lipinski definition) is 2. The van der Waals surface area contributed by atoms with Crippen LogP contribution in [0.4, 0.5) is 0 Å². The zero-order valence-corrected chi connectivity index (χ0v) is 9.44. The van der Waals surface area contributed by atoms with Gasteiger partial charge in [0.25, 0.3) is 10.1 Å². The Kier molecular flexibility index (Phi) is 4.06. The summed E-state index contributed by atoms with van der Waals surface area (Å²) in [7, 11) is -2.21. The summed E-state index contributed by atoms with van der Waals surface area (Å²) in [6, 6.07) is 1.71. The zero-order valence-electron chi connectivity index (χ0n) is 7.80. The van der Waals surface area contributed by atoms with Crippen molar-refractivity contribution in [1.82, 2.24) is 5.32 Å². The summed E-state index contributed by atoms with van der Waals surface area (Å²) in [5, 5.41) is 6.77. The van der Waals surface area contributed by atoms with E-state index in [1.807, 2.05) is 16.8 Å². The first-order valence-electron chi connectivity index (χ1n) is 4.15. The number of nitrogens with one attached hydrogen (secondary N) is 1. The van der Waals surface area contributed by atoms with E-state index in [1.54, 1.807) is 18.4 Å². The maximum atomic E-state index is 10.6. The second-order valence-corrected chi connectivity index (χ2v) is 5.35. The molecule has 1 unspecified atom stereocenters. The van der Waals surface area contributed by atoms with Crippen LogP contribution in [-0.2, 0) is 16.5 Å². The van der Waals surface area contributed by atoms with Crippen LogP contribution >= 0.6 is 11.3 Å². The molecule has 1 heterocycles. The van der Waals surface area contributed by atoms with Crippen molar-refractivity contribution in [2.45, 2.75) is 12.5 Å². The molecule has 0 aromatic carbocycles. The highest BCUT2D eigenvalue weighted by atomic mass is 32.2. The van der Waals surface area contributed by atoms with Crippen molar-refractivity contribution in [2.75, 3.05) is 12.8 Å². The van der Waals surface area contributed by atoms with Crippen molar-refractivity contribution in [1.29, 1.82) is 0 Å². The van der Waals surface area contributed by atoms with Crippen LogP contribution in [0, 0.1) is 0 Å². The van der Waals surface area contributed by atoms with Gasteiger partial charge in [0.2, 0.25) is 0 Å². The van der Waals surface area contributed by atoms with Crippen LogP contribution in [0.2, 0.25) is 0 Å². The van der Waals surface area contributed by atoms with Crippen LogP contribution in [0.15, 0.2) is 16.8 Å². The average molecular weight is 235 g/mol.